The van der Waals surface area contributed by atoms with Crippen LogP contribution in [0.4, 0.5) is 22.1 Å². The molecule has 9 nitrogen and oxygen atoms in total. The number of carbonyl (C=O) groups excluding carboxylic acids is 1. The molecular formula is C22H25ClN6O3. The van der Waals surface area contributed by atoms with Crippen molar-refractivity contribution in [2.45, 2.75) is 38.9 Å². The van der Waals surface area contributed by atoms with Crippen molar-refractivity contribution in [2.24, 2.45) is 0 Å². The van der Waals surface area contributed by atoms with Crippen molar-refractivity contribution < 1.29 is 14.3 Å². The first-order chi connectivity index (χ1) is 15.5. The van der Waals surface area contributed by atoms with Gasteiger partial charge in [0.15, 0.2) is 0 Å². The topological polar surface area (TPSA) is 96.5 Å². The summed E-state index contributed by atoms with van der Waals surface area (Å²) in [6, 6.07) is 11.1. The molecule has 10 heteroatoms. The lowest BCUT2D eigenvalue weighted by molar-refractivity contribution is 0.0507. The second-order valence-electron chi connectivity index (χ2n) is 7.70. The highest BCUT2D eigenvalue weighted by Gasteiger charge is 2.26. The summed E-state index contributed by atoms with van der Waals surface area (Å²) in [4.78, 5) is 24.4. The van der Waals surface area contributed by atoms with Crippen molar-refractivity contribution in [3.63, 3.8) is 0 Å². The lowest BCUT2D eigenvalue weighted by Crippen LogP contribution is -2.42. The Morgan fingerprint density at radius 3 is 2.59 bits per heavy atom. The van der Waals surface area contributed by atoms with Crippen LogP contribution in [0.2, 0.25) is 5.02 Å². The number of H-pyrrole nitrogens is 1. The molecule has 168 valence electrons. The van der Waals surface area contributed by atoms with Gasteiger partial charge in [-0.2, -0.15) is 5.10 Å². The van der Waals surface area contributed by atoms with Gasteiger partial charge in [-0.05, 0) is 38.1 Å². The van der Waals surface area contributed by atoms with Crippen molar-refractivity contribution in [2.75, 3.05) is 18.0 Å². The number of rotatable bonds is 6. The number of likely N-dealkylation sites (tertiary alicyclic amines) is 1. The molecule has 1 fully saturated rings. The van der Waals surface area contributed by atoms with Crippen LogP contribution in [0.3, 0.4) is 0 Å². The Morgan fingerprint density at radius 2 is 1.94 bits per heavy atom. The van der Waals surface area contributed by atoms with E-state index in [9.17, 15) is 4.79 Å². The number of aromatic nitrogens is 4. The van der Waals surface area contributed by atoms with Crippen LogP contribution in [0.5, 0.6) is 5.88 Å². The minimum atomic E-state index is -0.277. The fourth-order valence-corrected chi connectivity index (χ4v) is 3.60. The molecule has 0 atom stereocenters. The molecule has 1 aromatic carbocycles. The van der Waals surface area contributed by atoms with Crippen molar-refractivity contribution in [1.29, 1.82) is 0 Å². The zero-order chi connectivity index (χ0) is 22.5. The number of aromatic amines is 1. The third-order valence-electron chi connectivity index (χ3n) is 4.99. The molecule has 0 saturated carbocycles. The van der Waals surface area contributed by atoms with E-state index in [1.54, 1.807) is 17.2 Å². The Bertz CT molecular complexity index is 1020. The van der Waals surface area contributed by atoms with Crippen molar-refractivity contribution in [3.05, 3.63) is 53.9 Å². The van der Waals surface area contributed by atoms with Crippen LogP contribution in [0.15, 0.2) is 48.9 Å². The SMILES string of the molecule is CC(C)OC(=O)N1CCC(Oc2cc(N(c3ccc(Cl)cc3)c3ccn[nH]3)ncn2)CC1. The number of halogens is 1. The summed E-state index contributed by atoms with van der Waals surface area (Å²) in [6.45, 7) is 4.85. The molecule has 1 N–H and O–H groups in total. The molecule has 32 heavy (non-hydrogen) atoms. The van der Waals surface area contributed by atoms with E-state index in [0.29, 0.717) is 42.7 Å². The first-order valence-corrected chi connectivity index (χ1v) is 10.9. The van der Waals surface area contributed by atoms with E-state index >= 15 is 0 Å². The Kier molecular flexibility index (Phi) is 6.75. The molecule has 0 aliphatic carbocycles. The molecule has 1 saturated heterocycles. The largest absolute Gasteiger partial charge is 0.474 e. The summed E-state index contributed by atoms with van der Waals surface area (Å²) < 4.78 is 11.4. The number of amides is 1. The highest BCUT2D eigenvalue weighted by atomic mass is 35.5. The average molecular weight is 457 g/mol. The summed E-state index contributed by atoms with van der Waals surface area (Å²) in [5.74, 6) is 1.84. The number of benzene rings is 1. The maximum absolute atomic E-state index is 12.1. The number of piperidine rings is 1. The van der Waals surface area contributed by atoms with Crippen LogP contribution in [0.1, 0.15) is 26.7 Å². The highest BCUT2D eigenvalue weighted by molar-refractivity contribution is 6.30. The fraction of sp³-hybridized carbons (Fsp3) is 0.364. The lowest BCUT2D eigenvalue weighted by Gasteiger charge is -2.31. The van der Waals surface area contributed by atoms with Gasteiger partial charge in [-0.25, -0.2) is 14.8 Å². The van der Waals surface area contributed by atoms with Crippen LogP contribution in [-0.2, 0) is 4.74 Å². The van der Waals surface area contributed by atoms with Crippen LogP contribution in [-0.4, -0.2) is 56.5 Å². The molecule has 0 bridgehead atoms. The van der Waals surface area contributed by atoms with Gasteiger partial charge in [-0.3, -0.25) is 10.00 Å². The van der Waals surface area contributed by atoms with Crippen LogP contribution < -0.4 is 9.64 Å². The predicted molar refractivity (Wildman–Crippen MR) is 121 cm³/mol. The number of hydrogen-bond donors (Lipinski definition) is 1. The first-order valence-electron chi connectivity index (χ1n) is 10.5. The van der Waals surface area contributed by atoms with Crippen molar-refractivity contribution >= 4 is 35.0 Å². The molecule has 0 radical (unpaired) electrons. The Morgan fingerprint density at radius 1 is 1.19 bits per heavy atom. The summed E-state index contributed by atoms with van der Waals surface area (Å²) in [5, 5.41) is 7.67. The van der Waals surface area contributed by atoms with Gasteiger partial charge in [-0.15, -0.1) is 0 Å². The number of anilines is 3. The van der Waals surface area contributed by atoms with Crippen LogP contribution >= 0.6 is 11.6 Å². The van der Waals surface area contributed by atoms with E-state index < -0.39 is 0 Å². The average Bonchev–Trinajstić information content (AvgIpc) is 3.30. The third kappa shape index (κ3) is 5.28. The first kappa shape index (κ1) is 21.9. The van der Waals surface area contributed by atoms with Crippen LogP contribution in [0, 0.1) is 0 Å². The molecule has 3 heterocycles. The minimum absolute atomic E-state index is 0.0445. The Labute approximate surface area is 191 Å². The van der Waals surface area contributed by atoms with Gasteiger partial charge in [0, 0.05) is 48.8 Å². The standard InChI is InChI=1S/C22H25ClN6O3/c1-15(2)31-22(30)28-11-8-18(9-12-28)32-21-13-20(24-14-25-21)29(19-7-10-26-27-19)17-5-3-16(23)4-6-17/h3-7,10,13-15,18H,8-9,11-12H2,1-2H3,(H,26,27). The summed E-state index contributed by atoms with van der Waals surface area (Å²) in [5.41, 5.74) is 0.861. The number of nitrogens with one attached hydrogen (secondary N) is 1. The minimum Gasteiger partial charge on any atom is -0.474 e. The third-order valence-corrected chi connectivity index (χ3v) is 5.24. The normalized spacial score (nSPS) is 14.4. The van der Waals surface area contributed by atoms with E-state index in [1.165, 1.54) is 6.33 Å². The van der Waals surface area contributed by atoms with Crippen molar-refractivity contribution in [1.82, 2.24) is 25.1 Å². The number of ether oxygens (including phenoxy) is 2. The van der Waals surface area contributed by atoms with Gasteiger partial charge in [0.05, 0.1) is 12.3 Å². The summed E-state index contributed by atoms with van der Waals surface area (Å²) in [7, 11) is 0. The molecule has 3 aromatic rings. The van der Waals surface area contributed by atoms with E-state index in [4.69, 9.17) is 21.1 Å². The molecular weight excluding hydrogens is 432 g/mol. The molecule has 1 aliphatic heterocycles. The second kappa shape index (κ2) is 9.86. The monoisotopic (exact) mass is 456 g/mol. The lowest BCUT2D eigenvalue weighted by atomic mass is 10.1. The molecule has 4 rings (SSSR count). The van der Waals surface area contributed by atoms with E-state index in [-0.39, 0.29) is 18.3 Å². The van der Waals surface area contributed by atoms with Crippen molar-refractivity contribution in [3.8, 4) is 5.88 Å². The van der Waals surface area contributed by atoms with Gasteiger partial charge >= 0.3 is 6.09 Å². The number of hydrogen-bond acceptors (Lipinski definition) is 7. The van der Waals surface area contributed by atoms with Gasteiger partial charge in [0.2, 0.25) is 5.88 Å². The molecule has 0 unspecified atom stereocenters. The zero-order valence-corrected chi connectivity index (χ0v) is 18.7. The predicted octanol–water partition coefficient (Wildman–Crippen LogP) is 4.71. The smallest absolute Gasteiger partial charge is 0.410 e. The van der Waals surface area contributed by atoms with Crippen LogP contribution in [0.25, 0.3) is 0 Å². The highest BCUT2D eigenvalue weighted by Crippen LogP contribution is 2.33. The Hall–Kier alpha value is -3.33. The molecule has 1 aliphatic rings. The Balaban J connectivity index is 1.47. The molecule has 0 spiro atoms. The van der Waals surface area contributed by atoms with Gasteiger partial charge in [0.25, 0.3) is 0 Å². The number of nitrogens with zero attached hydrogens (tertiary/aromatic N) is 5. The molecule has 2 aromatic heterocycles. The molecule has 1 amide bonds. The van der Waals surface area contributed by atoms with Gasteiger partial charge in [0.1, 0.15) is 24.1 Å². The summed E-state index contributed by atoms with van der Waals surface area (Å²) in [6.07, 6.45) is 4.10. The van der Waals surface area contributed by atoms with Gasteiger partial charge in [-0.1, -0.05) is 11.6 Å². The summed E-state index contributed by atoms with van der Waals surface area (Å²) >= 11 is 6.06. The fourth-order valence-electron chi connectivity index (χ4n) is 3.48. The quantitative estimate of drug-likeness (QED) is 0.573. The van der Waals surface area contributed by atoms with Gasteiger partial charge < -0.3 is 14.4 Å². The van der Waals surface area contributed by atoms with E-state index in [2.05, 4.69) is 20.2 Å². The maximum Gasteiger partial charge on any atom is 0.410 e. The van der Waals surface area contributed by atoms with E-state index in [0.717, 1.165) is 11.5 Å². The second-order valence-corrected chi connectivity index (χ2v) is 8.14. The van der Waals surface area contributed by atoms with E-state index in [1.807, 2.05) is 49.1 Å². The zero-order valence-electron chi connectivity index (χ0n) is 17.9. The maximum atomic E-state index is 12.1. The number of carbonyl (C=O) groups is 1.